The molecule has 8 nitrogen and oxygen atoms in total. The third-order valence-corrected chi connectivity index (χ3v) is 5.61. The Labute approximate surface area is 173 Å². The Morgan fingerprint density at radius 3 is 2.34 bits per heavy atom. The average Bonchev–Trinajstić information content (AvgIpc) is 3.23. The van der Waals surface area contributed by atoms with Crippen LogP contribution in [0.3, 0.4) is 0 Å². The van der Waals surface area contributed by atoms with Crippen molar-refractivity contribution in [3.05, 3.63) is 58.1 Å². The van der Waals surface area contributed by atoms with Crippen molar-refractivity contribution in [3.8, 4) is 0 Å². The van der Waals surface area contributed by atoms with Gasteiger partial charge in [0, 0.05) is 49.9 Å². The largest absolute Gasteiger partial charge is 0.371 e. The van der Waals surface area contributed by atoms with Crippen molar-refractivity contribution in [3.63, 3.8) is 0 Å². The zero-order chi connectivity index (χ0) is 21.0. The molecule has 1 fully saturated rings. The number of amides is 2. The van der Waals surface area contributed by atoms with Crippen LogP contribution in [-0.2, 0) is 0 Å². The number of hydrogen-bond donors (Lipinski definition) is 1. The number of carbonyl (C=O) groups is 2. The highest BCUT2D eigenvalue weighted by molar-refractivity contribution is 8.13. The van der Waals surface area contributed by atoms with E-state index in [-0.39, 0.29) is 16.5 Å². The minimum Gasteiger partial charge on any atom is -0.371 e. The van der Waals surface area contributed by atoms with Crippen molar-refractivity contribution in [1.82, 2.24) is 4.90 Å². The Hall–Kier alpha value is -3.07. The molecule has 0 saturated carbocycles. The molecule has 2 amide bonds. The third-order valence-electron chi connectivity index (χ3n) is 4.56. The Morgan fingerprint density at radius 1 is 1.10 bits per heavy atom. The molecule has 0 bridgehead atoms. The normalized spacial score (nSPS) is 13.2. The second kappa shape index (κ2) is 8.95. The molecule has 29 heavy (non-hydrogen) atoms. The molecule has 0 aliphatic carbocycles. The molecule has 2 aromatic rings. The van der Waals surface area contributed by atoms with Crippen molar-refractivity contribution in [2.75, 3.05) is 37.4 Å². The van der Waals surface area contributed by atoms with E-state index in [9.17, 15) is 19.7 Å². The minimum atomic E-state index is -0.502. The number of carbonyl (C=O) groups excluding carboxylic acids is 2. The number of anilines is 2. The molecule has 1 aliphatic rings. The van der Waals surface area contributed by atoms with Gasteiger partial charge in [-0.25, -0.2) is 0 Å². The lowest BCUT2D eigenvalue weighted by Crippen LogP contribution is -2.23. The summed E-state index contributed by atoms with van der Waals surface area (Å²) in [6, 6.07) is 11.3. The molecule has 2 aromatic carbocycles. The van der Waals surface area contributed by atoms with Gasteiger partial charge in [0.2, 0.25) is 0 Å². The molecule has 0 aromatic heterocycles. The summed E-state index contributed by atoms with van der Waals surface area (Å²) in [5, 5.41) is 13.9. The van der Waals surface area contributed by atoms with Gasteiger partial charge in [-0.1, -0.05) is 0 Å². The number of nitrogens with zero attached hydrogens (tertiary/aromatic N) is 3. The van der Waals surface area contributed by atoms with Crippen LogP contribution in [0.2, 0.25) is 0 Å². The van der Waals surface area contributed by atoms with Crippen LogP contribution >= 0.6 is 11.8 Å². The Bertz CT molecular complexity index is 925. The van der Waals surface area contributed by atoms with Gasteiger partial charge in [-0.05, 0) is 54.9 Å². The number of hydrogen-bond acceptors (Lipinski definition) is 6. The standard InChI is InChI=1S/C20H22N4O4S/c1-22(2)20(26)29-16-8-5-14(6-9-16)21-19(25)17-13-15(24(27)28)7-10-18(17)23-11-3-4-12-23/h5-10,13H,3-4,11-12H2,1-2H3,(H,21,25). The van der Waals surface area contributed by atoms with E-state index in [4.69, 9.17) is 0 Å². The van der Waals surface area contributed by atoms with E-state index in [1.807, 2.05) is 0 Å². The van der Waals surface area contributed by atoms with Crippen LogP contribution in [0.25, 0.3) is 0 Å². The van der Waals surface area contributed by atoms with Crippen LogP contribution < -0.4 is 10.2 Å². The minimum absolute atomic E-state index is 0.0892. The van der Waals surface area contributed by atoms with Crippen LogP contribution in [0.1, 0.15) is 23.2 Å². The zero-order valence-corrected chi connectivity index (χ0v) is 17.1. The maximum Gasteiger partial charge on any atom is 0.285 e. The summed E-state index contributed by atoms with van der Waals surface area (Å²) in [5.41, 5.74) is 1.42. The summed E-state index contributed by atoms with van der Waals surface area (Å²) >= 11 is 1.09. The molecule has 0 unspecified atom stereocenters. The fourth-order valence-electron chi connectivity index (χ4n) is 3.05. The molecule has 152 valence electrons. The van der Waals surface area contributed by atoms with Crippen molar-refractivity contribution < 1.29 is 14.5 Å². The molecule has 3 rings (SSSR count). The van der Waals surface area contributed by atoms with Gasteiger partial charge in [-0.2, -0.15) is 0 Å². The van der Waals surface area contributed by atoms with Gasteiger partial charge >= 0.3 is 0 Å². The van der Waals surface area contributed by atoms with Gasteiger partial charge in [0.25, 0.3) is 16.8 Å². The third kappa shape index (κ3) is 5.05. The van der Waals surface area contributed by atoms with Crippen LogP contribution in [-0.4, -0.2) is 48.2 Å². The molecular weight excluding hydrogens is 392 g/mol. The fourth-order valence-corrected chi connectivity index (χ4v) is 3.71. The molecule has 1 heterocycles. The van der Waals surface area contributed by atoms with Gasteiger partial charge in [0.15, 0.2) is 0 Å². The number of nitro groups is 1. The lowest BCUT2D eigenvalue weighted by atomic mass is 10.1. The lowest BCUT2D eigenvalue weighted by molar-refractivity contribution is -0.384. The van der Waals surface area contributed by atoms with E-state index in [1.54, 1.807) is 44.4 Å². The molecule has 0 atom stereocenters. The highest BCUT2D eigenvalue weighted by atomic mass is 32.2. The first-order valence-corrected chi connectivity index (χ1v) is 10.0. The van der Waals surface area contributed by atoms with E-state index >= 15 is 0 Å². The number of rotatable bonds is 5. The molecule has 1 aliphatic heterocycles. The van der Waals surface area contributed by atoms with Gasteiger partial charge in [0.05, 0.1) is 16.2 Å². The first kappa shape index (κ1) is 20.7. The first-order chi connectivity index (χ1) is 13.8. The van der Waals surface area contributed by atoms with E-state index < -0.39 is 10.8 Å². The Kier molecular flexibility index (Phi) is 6.38. The van der Waals surface area contributed by atoms with Crippen molar-refractivity contribution in [2.45, 2.75) is 17.7 Å². The summed E-state index contributed by atoms with van der Waals surface area (Å²) in [6.07, 6.45) is 2.06. The smallest absolute Gasteiger partial charge is 0.285 e. The quantitative estimate of drug-likeness (QED) is 0.447. The Balaban J connectivity index is 1.79. The van der Waals surface area contributed by atoms with Crippen LogP contribution in [0.15, 0.2) is 47.4 Å². The summed E-state index contributed by atoms with van der Waals surface area (Å²) < 4.78 is 0. The monoisotopic (exact) mass is 414 g/mol. The van der Waals surface area contributed by atoms with E-state index in [1.165, 1.54) is 17.0 Å². The average molecular weight is 414 g/mol. The maximum absolute atomic E-state index is 12.9. The number of thioether (sulfide) groups is 1. The van der Waals surface area contributed by atoms with Gasteiger partial charge in [-0.3, -0.25) is 19.7 Å². The number of benzene rings is 2. The topological polar surface area (TPSA) is 95.8 Å². The van der Waals surface area contributed by atoms with Crippen molar-refractivity contribution >= 4 is 40.0 Å². The Morgan fingerprint density at radius 2 is 1.76 bits per heavy atom. The molecule has 9 heteroatoms. The number of non-ortho nitro benzene ring substituents is 1. The van der Waals surface area contributed by atoms with Crippen molar-refractivity contribution in [1.29, 1.82) is 0 Å². The lowest BCUT2D eigenvalue weighted by Gasteiger charge is -2.21. The molecule has 0 radical (unpaired) electrons. The molecule has 1 N–H and O–H groups in total. The highest BCUT2D eigenvalue weighted by Gasteiger charge is 2.22. The van der Waals surface area contributed by atoms with Gasteiger partial charge in [-0.15, -0.1) is 0 Å². The first-order valence-electron chi connectivity index (χ1n) is 9.19. The molecular formula is C20H22N4O4S. The van der Waals surface area contributed by atoms with E-state index in [0.29, 0.717) is 11.4 Å². The SMILES string of the molecule is CN(C)C(=O)Sc1ccc(NC(=O)c2cc([N+](=O)[O-])ccc2N2CCCC2)cc1. The summed E-state index contributed by atoms with van der Waals surface area (Å²) in [5.74, 6) is -0.402. The number of nitrogens with one attached hydrogen (secondary N) is 1. The van der Waals surface area contributed by atoms with Gasteiger partial charge < -0.3 is 15.1 Å². The van der Waals surface area contributed by atoms with Crippen LogP contribution in [0, 0.1) is 10.1 Å². The van der Waals surface area contributed by atoms with Crippen LogP contribution in [0.4, 0.5) is 21.9 Å². The van der Waals surface area contributed by atoms with Crippen LogP contribution in [0.5, 0.6) is 0 Å². The van der Waals surface area contributed by atoms with Crippen molar-refractivity contribution in [2.24, 2.45) is 0 Å². The molecule has 0 spiro atoms. The molecule has 1 saturated heterocycles. The maximum atomic E-state index is 12.9. The predicted molar refractivity (Wildman–Crippen MR) is 114 cm³/mol. The second-order valence-corrected chi connectivity index (χ2v) is 7.92. The summed E-state index contributed by atoms with van der Waals surface area (Å²) in [7, 11) is 3.36. The highest BCUT2D eigenvalue weighted by Crippen LogP contribution is 2.29. The summed E-state index contributed by atoms with van der Waals surface area (Å²) in [4.78, 5) is 39.6. The predicted octanol–water partition coefficient (Wildman–Crippen LogP) is 4.22. The van der Waals surface area contributed by atoms with E-state index in [2.05, 4.69) is 10.2 Å². The zero-order valence-electron chi connectivity index (χ0n) is 16.3. The number of nitro benzene ring substituents is 1. The second-order valence-electron chi connectivity index (χ2n) is 6.89. The van der Waals surface area contributed by atoms with Gasteiger partial charge in [0.1, 0.15) is 0 Å². The summed E-state index contributed by atoms with van der Waals surface area (Å²) in [6.45, 7) is 1.65. The fraction of sp³-hybridized carbons (Fsp3) is 0.300. The van der Waals surface area contributed by atoms with E-state index in [0.717, 1.165) is 42.6 Å².